The lowest BCUT2D eigenvalue weighted by molar-refractivity contribution is 0.992. The van der Waals surface area contributed by atoms with Gasteiger partial charge in [0.05, 0.1) is 6.07 Å². The molecular formula is C10H9Br2N. The van der Waals surface area contributed by atoms with E-state index in [9.17, 15) is 0 Å². The van der Waals surface area contributed by atoms with Crippen molar-refractivity contribution >= 4 is 31.9 Å². The van der Waals surface area contributed by atoms with Crippen molar-refractivity contribution in [1.82, 2.24) is 0 Å². The summed E-state index contributed by atoms with van der Waals surface area (Å²) in [5.41, 5.74) is 2.51. The minimum atomic E-state index is 0.580. The Hall–Kier alpha value is -0.330. The van der Waals surface area contributed by atoms with Gasteiger partial charge in [0.15, 0.2) is 0 Å². The lowest BCUT2D eigenvalue weighted by atomic mass is 10.0. The van der Waals surface area contributed by atoms with E-state index in [-0.39, 0.29) is 0 Å². The van der Waals surface area contributed by atoms with Crippen molar-refractivity contribution in [1.29, 1.82) is 5.26 Å². The van der Waals surface area contributed by atoms with Crippen LogP contribution in [0, 0.1) is 11.3 Å². The van der Waals surface area contributed by atoms with E-state index in [1.807, 2.05) is 6.07 Å². The summed E-state index contributed by atoms with van der Waals surface area (Å²) in [6.07, 6.45) is 1.41. The highest BCUT2D eigenvalue weighted by molar-refractivity contribution is 9.10. The van der Waals surface area contributed by atoms with Crippen LogP contribution in [0.3, 0.4) is 0 Å². The molecule has 68 valence electrons. The van der Waals surface area contributed by atoms with Gasteiger partial charge in [0.25, 0.3) is 0 Å². The zero-order valence-corrected chi connectivity index (χ0v) is 10.2. The molecule has 1 nitrogen and oxygen atoms in total. The smallest absolute Gasteiger partial charge is 0.0625 e. The summed E-state index contributed by atoms with van der Waals surface area (Å²) in [6, 6.07) is 8.33. The molecule has 0 heterocycles. The Labute approximate surface area is 95.0 Å². The number of halogens is 2. The SMILES string of the molecule is N#CCCc1cc(Br)ccc1CBr. The van der Waals surface area contributed by atoms with E-state index in [4.69, 9.17) is 5.26 Å². The third-order valence-corrected chi connectivity index (χ3v) is 2.92. The van der Waals surface area contributed by atoms with E-state index in [0.717, 1.165) is 16.2 Å². The van der Waals surface area contributed by atoms with Gasteiger partial charge in [-0.2, -0.15) is 5.26 Å². The van der Waals surface area contributed by atoms with Gasteiger partial charge in [-0.3, -0.25) is 0 Å². The van der Waals surface area contributed by atoms with Gasteiger partial charge in [-0.25, -0.2) is 0 Å². The number of nitriles is 1. The Bertz CT molecular complexity index is 328. The number of hydrogen-bond acceptors (Lipinski definition) is 1. The molecule has 13 heavy (non-hydrogen) atoms. The number of alkyl halides is 1. The Morgan fingerprint density at radius 2 is 2.08 bits per heavy atom. The van der Waals surface area contributed by atoms with E-state index in [0.29, 0.717) is 6.42 Å². The highest BCUT2D eigenvalue weighted by Crippen LogP contribution is 2.20. The van der Waals surface area contributed by atoms with E-state index < -0.39 is 0 Å². The van der Waals surface area contributed by atoms with E-state index in [2.05, 4.69) is 50.1 Å². The van der Waals surface area contributed by atoms with Crippen molar-refractivity contribution in [3.63, 3.8) is 0 Å². The highest BCUT2D eigenvalue weighted by atomic mass is 79.9. The zero-order valence-electron chi connectivity index (χ0n) is 7.06. The maximum absolute atomic E-state index is 8.49. The lowest BCUT2D eigenvalue weighted by Gasteiger charge is -2.05. The van der Waals surface area contributed by atoms with Gasteiger partial charge in [-0.15, -0.1) is 0 Å². The summed E-state index contributed by atoms with van der Waals surface area (Å²) < 4.78 is 1.07. The fourth-order valence-corrected chi connectivity index (χ4v) is 2.10. The number of rotatable bonds is 3. The van der Waals surface area contributed by atoms with Crippen LogP contribution in [-0.4, -0.2) is 0 Å². The number of nitrogens with zero attached hydrogens (tertiary/aromatic N) is 1. The fraction of sp³-hybridized carbons (Fsp3) is 0.300. The Kier molecular flexibility index (Phi) is 4.47. The van der Waals surface area contributed by atoms with Gasteiger partial charge in [-0.1, -0.05) is 37.9 Å². The maximum Gasteiger partial charge on any atom is 0.0625 e. The first-order valence-corrected chi connectivity index (χ1v) is 5.89. The summed E-state index contributed by atoms with van der Waals surface area (Å²) in [7, 11) is 0. The molecular weight excluding hydrogens is 294 g/mol. The maximum atomic E-state index is 8.49. The first kappa shape index (κ1) is 10.7. The molecule has 0 atom stereocenters. The molecule has 0 amide bonds. The normalized spacial score (nSPS) is 9.62. The minimum absolute atomic E-state index is 0.580. The van der Waals surface area contributed by atoms with Gasteiger partial charge < -0.3 is 0 Å². The molecule has 1 rings (SSSR count). The molecule has 0 aromatic heterocycles. The minimum Gasteiger partial charge on any atom is -0.198 e. The summed E-state index contributed by atoms with van der Waals surface area (Å²) in [5, 5.41) is 9.34. The largest absolute Gasteiger partial charge is 0.198 e. The van der Waals surface area contributed by atoms with Crippen LogP contribution in [0.5, 0.6) is 0 Å². The molecule has 0 saturated heterocycles. The molecule has 0 radical (unpaired) electrons. The van der Waals surface area contributed by atoms with Crippen LogP contribution in [0.2, 0.25) is 0 Å². The highest BCUT2D eigenvalue weighted by Gasteiger charge is 2.01. The molecule has 0 unspecified atom stereocenters. The fourth-order valence-electron chi connectivity index (χ4n) is 1.15. The molecule has 0 saturated carbocycles. The van der Waals surface area contributed by atoms with Crippen molar-refractivity contribution in [2.45, 2.75) is 18.2 Å². The monoisotopic (exact) mass is 301 g/mol. The van der Waals surface area contributed by atoms with Crippen LogP contribution >= 0.6 is 31.9 Å². The molecule has 1 aromatic carbocycles. The molecule has 0 aliphatic carbocycles. The third kappa shape index (κ3) is 3.13. The van der Waals surface area contributed by atoms with Gasteiger partial charge in [0, 0.05) is 16.2 Å². The summed E-state index contributed by atoms with van der Waals surface area (Å²) in [4.78, 5) is 0. The van der Waals surface area contributed by atoms with Crippen molar-refractivity contribution < 1.29 is 0 Å². The third-order valence-electron chi connectivity index (χ3n) is 1.82. The molecule has 3 heteroatoms. The standard InChI is InChI=1S/C10H9Br2N/c11-7-9-3-4-10(12)6-8(9)2-1-5-13/h3-4,6H,1-2,7H2. The Balaban J connectivity index is 2.89. The molecule has 0 spiro atoms. The Morgan fingerprint density at radius 3 is 2.69 bits per heavy atom. The molecule has 0 bridgehead atoms. The predicted octanol–water partition coefficient (Wildman–Crippen LogP) is 3.80. The van der Waals surface area contributed by atoms with Crippen LogP contribution in [0.15, 0.2) is 22.7 Å². The van der Waals surface area contributed by atoms with Crippen molar-refractivity contribution in [2.24, 2.45) is 0 Å². The van der Waals surface area contributed by atoms with Gasteiger partial charge in [0.1, 0.15) is 0 Å². The molecule has 0 aliphatic heterocycles. The van der Waals surface area contributed by atoms with Crippen LogP contribution < -0.4 is 0 Å². The number of benzene rings is 1. The number of hydrogen-bond donors (Lipinski definition) is 0. The Morgan fingerprint density at radius 1 is 1.31 bits per heavy atom. The summed E-state index contributed by atoms with van der Waals surface area (Å²) in [5.74, 6) is 0. The molecule has 0 N–H and O–H groups in total. The lowest BCUT2D eigenvalue weighted by Crippen LogP contribution is -1.91. The topological polar surface area (TPSA) is 23.8 Å². The second-order valence-corrected chi connectivity index (χ2v) is 4.18. The average molecular weight is 303 g/mol. The van der Waals surface area contributed by atoms with Crippen molar-refractivity contribution in [3.8, 4) is 6.07 Å². The number of aryl methyl sites for hydroxylation is 1. The zero-order chi connectivity index (χ0) is 9.68. The molecule has 0 fully saturated rings. The van der Waals surface area contributed by atoms with Crippen LogP contribution in [0.1, 0.15) is 17.5 Å². The summed E-state index contributed by atoms with van der Waals surface area (Å²) >= 11 is 6.85. The quantitative estimate of drug-likeness (QED) is 0.779. The first-order chi connectivity index (χ1) is 6.27. The van der Waals surface area contributed by atoms with Gasteiger partial charge in [0.2, 0.25) is 0 Å². The van der Waals surface area contributed by atoms with Crippen molar-refractivity contribution in [2.75, 3.05) is 0 Å². The first-order valence-electron chi connectivity index (χ1n) is 3.98. The predicted molar refractivity (Wildman–Crippen MR) is 60.7 cm³/mol. The molecule has 1 aromatic rings. The second-order valence-electron chi connectivity index (χ2n) is 2.70. The van der Waals surface area contributed by atoms with Crippen LogP contribution in [0.4, 0.5) is 0 Å². The van der Waals surface area contributed by atoms with Gasteiger partial charge in [-0.05, 0) is 29.7 Å². The average Bonchev–Trinajstić information content (AvgIpc) is 2.15. The second kappa shape index (κ2) is 5.41. The van der Waals surface area contributed by atoms with Gasteiger partial charge >= 0.3 is 0 Å². The van der Waals surface area contributed by atoms with E-state index >= 15 is 0 Å². The van der Waals surface area contributed by atoms with E-state index in [1.54, 1.807) is 0 Å². The van der Waals surface area contributed by atoms with E-state index in [1.165, 1.54) is 11.1 Å². The van der Waals surface area contributed by atoms with Crippen LogP contribution in [-0.2, 0) is 11.8 Å². The van der Waals surface area contributed by atoms with Crippen LogP contribution in [0.25, 0.3) is 0 Å². The molecule has 0 aliphatic rings. The van der Waals surface area contributed by atoms with Crippen molar-refractivity contribution in [3.05, 3.63) is 33.8 Å². The summed E-state index contributed by atoms with van der Waals surface area (Å²) in [6.45, 7) is 0.